The van der Waals surface area contributed by atoms with Crippen molar-refractivity contribution in [2.75, 3.05) is 19.7 Å². The van der Waals surface area contributed by atoms with E-state index in [1.54, 1.807) is 0 Å². The first-order valence-corrected chi connectivity index (χ1v) is 8.65. The topological polar surface area (TPSA) is 106 Å². The van der Waals surface area contributed by atoms with Crippen molar-refractivity contribution in [3.63, 3.8) is 0 Å². The summed E-state index contributed by atoms with van der Waals surface area (Å²) in [4.78, 5) is 27.5. The lowest BCUT2D eigenvalue weighted by molar-refractivity contribution is -0.122. The van der Waals surface area contributed by atoms with Crippen molar-refractivity contribution in [2.45, 2.75) is 26.2 Å². The van der Waals surface area contributed by atoms with Crippen LogP contribution in [0, 0.1) is 12.3 Å². The summed E-state index contributed by atoms with van der Waals surface area (Å²) >= 11 is 0. The van der Waals surface area contributed by atoms with Crippen LogP contribution < -0.4 is 15.4 Å². The average Bonchev–Trinajstić information content (AvgIpc) is 3.14. The molecule has 0 saturated carbocycles. The van der Waals surface area contributed by atoms with Crippen molar-refractivity contribution in [2.24, 2.45) is 0 Å². The van der Waals surface area contributed by atoms with E-state index in [0.29, 0.717) is 24.7 Å². The number of carbonyl (C=O) groups is 2. The molecule has 8 heteroatoms. The van der Waals surface area contributed by atoms with E-state index in [0.717, 1.165) is 11.3 Å². The molecule has 1 heterocycles. The first kappa shape index (κ1) is 20.0. The smallest absolute Gasteiger partial charge is 0.227 e. The average molecular weight is 370 g/mol. The fourth-order valence-electron chi connectivity index (χ4n) is 2.20. The maximum Gasteiger partial charge on any atom is 0.227 e. The number of ether oxygens (including phenoxy) is 1. The van der Waals surface area contributed by atoms with Crippen molar-refractivity contribution in [1.82, 2.24) is 20.8 Å². The van der Waals surface area contributed by atoms with Gasteiger partial charge < -0.3 is 19.9 Å². The number of aromatic nitrogens is 2. The number of nitrogens with one attached hydrogen (secondary N) is 2. The molecule has 2 rings (SSSR count). The Balaban J connectivity index is 1.74. The zero-order valence-corrected chi connectivity index (χ0v) is 15.2. The molecule has 0 atom stereocenters. The number of nitrogens with zero attached hydrogens (tertiary/aromatic N) is 2. The second kappa shape index (κ2) is 10.6. The third-order valence-corrected chi connectivity index (χ3v) is 3.52. The highest BCUT2D eigenvalue weighted by Gasteiger charge is 2.11. The minimum absolute atomic E-state index is 0.176. The standard InChI is InChI=1S/C19H22N4O4/c1-3-12-20-17(25)11-13-21-16(24)9-10-18-22-19(23-27-18)14-5-7-15(8-6-14)26-4-2/h1,5-8H,4,9-13H2,2H3,(H,20,25)(H,21,24). The normalized spacial score (nSPS) is 10.1. The van der Waals surface area contributed by atoms with Crippen LogP contribution in [0.5, 0.6) is 5.75 Å². The van der Waals surface area contributed by atoms with Gasteiger partial charge in [0.2, 0.25) is 23.5 Å². The SMILES string of the molecule is C#CCNC(=O)CCNC(=O)CCc1nc(-c2ccc(OCC)cc2)no1. The number of hydrogen-bond acceptors (Lipinski definition) is 6. The van der Waals surface area contributed by atoms with Gasteiger partial charge in [-0.3, -0.25) is 9.59 Å². The van der Waals surface area contributed by atoms with Crippen molar-refractivity contribution < 1.29 is 18.8 Å². The van der Waals surface area contributed by atoms with Crippen molar-refractivity contribution >= 4 is 11.8 Å². The van der Waals surface area contributed by atoms with Crippen LogP contribution in [-0.4, -0.2) is 41.7 Å². The van der Waals surface area contributed by atoms with Crippen LogP contribution in [0.2, 0.25) is 0 Å². The van der Waals surface area contributed by atoms with E-state index in [1.807, 2.05) is 31.2 Å². The van der Waals surface area contributed by atoms with Gasteiger partial charge in [-0.2, -0.15) is 4.98 Å². The summed E-state index contributed by atoms with van der Waals surface area (Å²) in [6, 6.07) is 7.36. The molecule has 0 aliphatic carbocycles. The molecule has 0 fully saturated rings. The number of amides is 2. The predicted molar refractivity (Wildman–Crippen MR) is 98.7 cm³/mol. The Morgan fingerprint density at radius 3 is 2.63 bits per heavy atom. The number of hydrogen-bond donors (Lipinski definition) is 2. The Hall–Kier alpha value is -3.34. The highest BCUT2D eigenvalue weighted by Crippen LogP contribution is 2.20. The molecule has 0 aliphatic heterocycles. The van der Waals surface area contributed by atoms with Crippen LogP contribution in [0.25, 0.3) is 11.4 Å². The van der Waals surface area contributed by atoms with Crippen molar-refractivity contribution in [3.8, 4) is 29.5 Å². The molecule has 142 valence electrons. The van der Waals surface area contributed by atoms with Gasteiger partial charge in [-0.1, -0.05) is 11.1 Å². The first-order chi connectivity index (χ1) is 13.1. The summed E-state index contributed by atoms with van der Waals surface area (Å²) in [5, 5.41) is 9.11. The first-order valence-electron chi connectivity index (χ1n) is 8.65. The van der Waals surface area contributed by atoms with Gasteiger partial charge in [0.05, 0.1) is 13.2 Å². The molecule has 8 nitrogen and oxygen atoms in total. The molecule has 0 unspecified atom stereocenters. The minimum atomic E-state index is -0.204. The van der Waals surface area contributed by atoms with Gasteiger partial charge in [-0.15, -0.1) is 6.42 Å². The summed E-state index contributed by atoms with van der Waals surface area (Å²) in [6.45, 7) is 2.95. The molecule has 2 amide bonds. The van der Waals surface area contributed by atoms with Crippen LogP contribution in [0.1, 0.15) is 25.7 Å². The molecular formula is C19H22N4O4. The number of carbonyl (C=O) groups excluding carboxylic acids is 2. The summed E-state index contributed by atoms with van der Waals surface area (Å²) in [7, 11) is 0. The largest absolute Gasteiger partial charge is 0.494 e. The highest BCUT2D eigenvalue weighted by atomic mass is 16.5. The zero-order valence-electron chi connectivity index (χ0n) is 15.2. The van der Waals surface area contributed by atoms with Gasteiger partial charge in [-0.05, 0) is 31.2 Å². The number of aryl methyl sites for hydroxylation is 1. The second-order valence-corrected chi connectivity index (χ2v) is 5.55. The van der Waals surface area contributed by atoms with E-state index in [4.69, 9.17) is 15.7 Å². The van der Waals surface area contributed by atoms with E-state index < -0.39 is 0 Å². The minimum Gasteiger partial charge on any atom is -0.494 e. The summed E-state index contributed by atoms with van der Waals surface area (Å²) in [5.41, 5.74) is 0.802. The van der Waals surface area contributed by atoms with Gasteiger partial charge in [0.25, 0.3) is 0 Å². The predicted octanol–water partition coefficient (Wildman–Crippen LogP) is 1.32. The molecule has 0 saturated heterocycles. The number of rotatable bonds is 10. The number of benzene rings is 1. The molecular weight excluding hydrogens is 348 g/mol. The molecule has 1 aromatic carbocycles. The molecule has 2 N–H and O–H groups in total. The molecule has 1 aromatic heterocycles. The van der Waals surface area contributed by atoms with Crippen molar-refractivity contribution in [3.05, 3.63) is 30.2 Å². The lowest BCUT2D eigenvalue weighted by Gasteiger charge is -2.04. The van der Waals surface area contributed by atoms with Gasteiger partial charge in [0.15, 0.2) is 0 Å². The van der Waals surface area contributed by atoms with Crippen LogP contribution in [0.15, 0.2) is 28.8 Å². The summed E-state index contributed by atoms with van der Waals surface area (Å²) < 4.78 is 10.6. The summed E-state index contributed by atoms with van der Waals surface area (Å²) in [6.07, 6.45) is 5.73. The van der Waals surface area contributed by atoms with Crippen LogP contribution in [0.4, 0.5) is 0 Å². The Labute approximate surface area is 157 Å². The fourth-order valence-corrected chi connectivity index (χ4v) is 2.20. The monoisotopic (exact) mass is 370 g/mol. The molecule has 0 aliphatic rings. The molecule has 27 heavy (non-hydrogen) atoms. The summed E-state index contributed by atoms with van der Waals surface area (Å²) in [5.74, 6) is 3.52. The Morgan fingerprint density at radius 2 is 1.93 bits per heavy atom. The van der Waals surface area contributed by atoms with Crippen LogP contribution >= 0.6 is 0 Å². The van der Waals surface area contributed by atoms with Crippen LogP contribution in [0.3, 0.4) is 0 Å². The lowest BCUT2D eigenvalue weighted by Crippen LogP contribution is -2.30. The zero-order chi connectivity index (χ0) is 19.5. The van der Waals surface area contributed by atoms with Gasteiger partial charge in [-0.25, -0.2) is 0 Å². The number of terminal acetylenes is 1. The van der Waals surface area contributed by atoms with E-state index in [9.17, 15) is 9.59 Å². The van der Waals surface area contributed by atoms with E-state index in [1.165, 1.54) is 0 Å². The fraction of sp³-hybridized carbons (Fsp3) is 0.368. The third-order valence-electron chi connectivity index (χ3n) is 3.52. The molecule has 0 bridgehead atoms. The maximum absolute atomic E-state index is 11.8. The lowest BCUT2D eigenvalue weighted by atomic mass is 10.2. The Bertz CT molecular complexity index is 793. The second-order valence-electron chi connectivity index (χ2n) is 5.55. The quantitative estimate of drug-likeness (QED) is 0.611. The Morgan fingerprint density at radius 1 is 1.19 bits per heavy atom. The van der Waals surface area contributed by atoms with Gasteiger partial charge >= 0.3 is 0 Å². The molecule has 0 radical (unpaired) electrons. The van der Waals surface area contributed by atoms with Crippen LogP contribution in [-0.2, 0) is 16.0 Å². The molecule has 0 spiro atoms. The third kappa shape index (κ3) is 6.82. The van der Waals surface area contributed by atoms with Crippen molar-refractivity contribution in [1.29, 1.82) is 0 Å². The Kier molecular flexibility index (Phi) is 7.85. The van der Waals surface area contributed by atoms with E-state index >= 15 is 0 Å². The van der Waals surface area contributed by atoms with Gasteiger partial charge in [0.1, 0.15) is 5.75 Å². The van der Waals surface area contributed by atoms with E-state index in [2.05, 4.69) is 26.7 Å². The highest BCUT2D eigenvalue weighted by molar-refractivity contribution is 5.79. The van der Waals surface area contributed by atoms with Gasteiger partial charge in [0, 0.05) is 31.4 Å². The maximum atomic E-state index is 11.8. The van der Waals surface area contributed by atoms with E-state index in [-0.39, 0.29) is 37.7 Å². The molecule has 2 aromatic rings.